The van der Waals surface area contributed by atoms with E-state index in [0.29, 0.717) is 32.3 Å². The minimum Gasteiger partial charge on any atom is -0.323 e. The maximum Gasteiger partial charge on any atom is 0.241 e. The molecule has 122 valence electrons. The quantitative estimate of drug-likeness (QED) is 0.852. The lowest BCUT2D eigenvalue weighted by Crippen LogP contribution is -2.39. The second-order valence-corrected chi connectivity index (χ2v) is 7.44. The molecule has 1 saturated heterocycles. The molecule has 1 unspecified atom stereocenters. The van der Waals surface area contributed by atoms with Crippen molar-refractivity contribution in [2.24, 2.45) is 0 Å². The Morgan fingerprint density at radius 2 is 2.22 bits per heavy atom. The van der Waals surface area contributed by atoms with Crippen LogP contribution in [0.25, 0.3) is 0 Å². The van der Waals surface area contributed by atoms with E-state index in [1.54, 1.807) is 18.2 Å². The highest BCUT2D eigenvalue weighted by Gasteiger charge is 2.32. The first-order chi connectivity index (χ1) is 11.0. The van der Waals surface area contributed by atoms with Gasteiger partial charge in [0.25, 0.3) is 0 Å². The molecule has 0 radical (unpaired) electrons. The summed E-state index contributed by atoms with van der Waals surface area (Å²) in [5.74, 6) is -0.106. The predicted molar refractivity (Wildman–Crippen MR) is 93.4 cm³/mol. The van der Waals surface area contributed by atoms with E-state index in [-0.39, 0.29) is 11.9 Å². The first kappa shape index (κ1) is 16.9. The molecule has 1 aliphatic rings. The number of nitrogens with zero attached hydrogens (tertiary/aromatic N) is 3. The summed E-state index contributed by atoms with van der Waals surface area (Å²) in [5.41, 5.74) is 1.22. The van der Waals surface area contributed by atoms with Crippen LogP contribution in [0.3, 0.4) is 0 Å². The number of anilines is 1. The Bertz CT molecular complexity index is 724. The molecular weight excluding hydrogens is 379 g/mol. The Morgan fingerprint density at radius 1 is 1.39 bits per heavy atom. The molecule has 1 atom stereocenters. The fraction of sp³-hybridized carbons (Fsp3) is 0.357. The van der Waals surface area contributed by atoms with Crippen LogP contribution in [0.5, 0.6) is 0 Å². The van der Waals surface area contributed by atoms with E-state index in [0.717, 1.165) is 30.9 Å². The predicted octanol–water partition coefficient (Wildman–Crippen LogP) is 4.10. The molecule has 23 heavy (non-hydrogen) atoms. The molecule has 1 aliphatic heterocycles. The number of carbonyl (C=O) groups excluding carboxylic acids is 1. The van der Waals surface area contributed by atoms with E-state index >= 15 is 0 Å². The topological polar surface area (TPSA) is 58.1 Å². The number of carbonyl (C=O) groups is 1. The summed E-state index contributed by atoms with van der Waals surface area (Å²) >= 11 is 19.2. The van der Waals surface area contributed by atoms with Crippen LogP contribution in [0.4, 0.5) is 5.69 Å². The zero-order valence-electron chi connectivity index (χ0n) is 11.9. The molecule has 0 aliphatic carbocycles. The lowest BCUT2D eigenvalue weighted by Gasteiger charge is -2.23. The molecule has 0 spiro atoms. The van der Waals surface area contributed by atoms with Gasteiger partial charge in [-0.25, -0.2) is 0 Å². The Labute approximate surface area is 152 Å². The highest BCUT2D eigenvalue weighted by molar-refractivity contribution is 7.10. The summed E-state index contributed by atoms with van der Waals surface area (Å²) in [6.07, 6.45) is 1.72. The minimum atomic E-state index is -0.247. The average Bonchev–Trinajstić information content (AvgIpc) is 3.13. The van der Waals surface area contributed by atoms with Crippen LogP contribution < -0.4 is 5.32 Å². The monoisotopic (exact) mass is 390 g/mol. The Balaban J connectivity index is 1.70. The number of hydrogen-bond donors (Lipinski definition) is 1. The van der Waals surface area contributed by atoms with Gasteiger partial charge < -0.3 is 5.32 Å². The van der Waals surface area contributed by atoms with Crippen LogP contribution in [0.1, 0.15) is 18.5 Å². The van der Waals surface area contributed by atoms with E-state index in [1.165, 1.54) is 0 Å². The van der Waals surface area contributed by atoms with Crippen molar-refractivity contribution in [3.8, 4) is 0 Å². The van der Waals surface area contributed by atoms with Gasteiger partial charge in [0.05, 0.1) is 16.8 Å². The number of hydrogen-bond acceptors (Lipinski definition) is 5. The lowest BCUT2D eigenvalue weighted by atomic mass is 10.2. The van der Waals surface area contributed by atoms with Gasteiger partial charge in [0.2, 0.25) is 5.91 Å². The van der Waals surface area contributed by atoms with Gasteiger partial charge in [-0.2, -0.15) is 0 Å². The van der Waals surface area contributed by atoms with Crippen LogP contribution in [0.15, 0.2) is 18.2 Å². The largest absolute Gasteiger partial charge is 0.323 e. The van der Waals surface area contributed by atoms with Crippen molar-refractivity contribution in [2.75, 3.05) is 11.9 Å². The van der Waals surface area contributed by atoms with Crippen molar-refractivity contribution in [1.29, 1.82) is 0 Å². The van der Waals surface area contributed by atoms with Gasteiger partial charge in [0, 0.05) is 23.1 Å². The number of aromatic nitrogens is 2. The van der Waals surface area contributed by atoms with Gasteiger partial charge in [-0.15, -0.1) is 5.10 Å². The lowest BCUT2D eigenvalue weighted by molar-refractivity contribution is -0.120. The third kappa shape index (κ3) is 3.95. The van der Waals surface area contributed by atoms with Crippen molar-refractivity contribution >= 4 is 57.9 Å². The second-order valence-electron chi connectivity index (χ2n) is 5.24. The Morgan fingerprint density at radius 3 is 2.96 bits per heavy atom. The Kier molecular flexibility index (Phi) is 5.38. The first-order valence-corrected chi connectivity index (χ1v) is 8.92. The fourth-order valence-corrected chi connectivity index (χ4v) is 3.55. The van der Waals surface area contributed by atoms with Gasteiger partial charge in [-0.05, 0) is 37.6 Å². The molecule has 0 bridgehead atoms. The van der Waals surface area contributed by atoms with Crippen LogP contribution in [-0.4, -0.2) is 33.0 Å². The molecule has 5 nitrogen and oxygen atoms in total. The third-order valence-electron chi connectivity index (χ3n) is 3.71. The zero-order valence-corrected chi connectivity index (χ0v) is 15.0. The molecule has 9 heteroatoms. The van der Waals surface area contributed by atoms with Crippen molar-refractivity contribution in [3.63, 3.8) is 0 Å². The first-order valence-electron chi connectivity index (χ1n) is 7.01. The average molecular weight is 392 g/mol. The highest BCUT2D eigenvalue weighted by Crippen LogP contribution is 2.28. The zero-order chi connectivity index (χ0) is 16.4. The molecule has 2 aromatic rings. The fourth-order valence-electron chi connectivity index (χ4n) is 2.61. The maximum absolute atomic E-state index is 12.6. The van der Waals surface area contributed by atoms with Gasteiger partial charge in [0.1, 0.15) is 10.0 Å². The van der Waals surface area contributed by atoms with Crippen LogP contribution in [0, 0.1) is 0 Å². The number of nitrogens with one attached hydrogen (secondary N) is 1. The molecule has 0 saturated carbocycles. The highest BCUT2D eigenvalue weighted by atomic mass is 35.5. The van der Waals surface area contributed by atoms with Crippen LogP contribution >= 0.6 is 46.3 Å². The van der Waals surface area contributed by atoms with Gasteiger partial charge >= 0.3 is 0 Å². The summed E-state index contributed by atoms with van der Waals surface area (Å²) < 4.78 is 4.39. The number of halogens is 3. The number of benzene rings is 1. The van der Waals surface area contributed by atoms with Crippen LogP contribution in [-0.2, 0) is 11.3 Å². The smallest absolute Gasteiger partial charge is 0.241 e. The van der Waals surface area contributed by atoms with Gasteiger partial charge in [-0.3, -0.25) is 9.69 Å². The van der Waals surface area contributed by atoms with Crippen molar-refractivity contribution in [1.82, 2.24) is 14.5 Å². The number of amides is 1. The Hall–Kier alpha value is -0.920. The summed E-state index contributed by atoms with van der Waals surface area (Å²) in [7, 11) is 0. The van der Waals surface area contributed by atoms with E-state index < -0.39 is 0 Å². The van der Waals surface area contributed by atoms with E-state index in [2.05, 4.69) is 19.8 Å². The molecule has 1 N–H and O–H groups in total. The van der Waals surface area contributed by atoms with Crippen molar-refractivity contribution in [3.05, 3.63) is 38.3 Å². The molecule has 2 heterocycles. The standard InChI is InChI=1S/C14H13Cl3N4OS/c15-8-3-4-9(16)10(6-8)18-14(22)12-2-1-5-21(12)7-11-13(17)23-20-19-11/h3-4,6,12H,1-2,5,7H2,(H,18,22). The number of rotatable bonds is 4. The SMILES string of the molecule is O=C(Nc1cc(Cl)ccc1Cl)C1CCCN1Cc1nnsc1Cl. The summed E-state index contributed by atoms with van der Waals surface area (Å²) in [4.78, 5) is 14.6. The molecule has 1 fully saturated rings. The van der Waals surface area contributed by atoms with Gasteiger partial charge in [0.15, 0.2) is 0 Å². The van der Waals surface area contributed by atoms with Crippen LogP contribution in [0.2, 0.25) is 14.4 Å². The molecule has 1 aromatic heterocycles. The minimum absolute atomic E-state index is 0.106. The summed E-state index contributed by atoms with van der Waals surface area (Å²) in [6.45, 7) is 1.33. The maximum atomic E-state index is 12.6. The molecule has 1 aromatic carbocycles. The molecule has 3 rings (SSSR count). The third-order valence-corrected chi connectivity index (χ3v) is 5.26. The second kappa shape index (κ2) is 7.32. The van der Waals surface area contributed by atoms with E-state index in [1.807, 2.05) is 0 Å². The van der Waals surface area contributed by atoms with Crippen molar-refractivity contribution in [2.45, 2.75) is 25.4 Å². The summed E-state index contributed by atoms with van der Waals surface area (Å²) in [6, 6.07) is 4.73. The number of likely N-dealkylation sites (tertiary alicyclic amines) is 1. The molecule has 1 amide bonds. The van der Waals surface area contributed by atoms with E-state index in [4.69, 9.17) is 34.8 Å². The normalized spacial score (nSPS) is 18.3. The van der Waals surface area contributed by atoms with Crippen molar-refractivity contribution < 1.29 is 4.79 Å². The molecular formula is C14H13Cl3N4OS. The van der Waals surface area contributed by atoms with Gasteiger partial charge in [-0.1, -0.05) is 39.3 Å². The summed E-state index contributed by atoms with van der Waals surface area (Å²) in [5, 5.41) is 7.84. The van der Waals surface area contributed by atoms with E-state index in [9.17, 15) is 4.79 Å².